The molecule has 1 saturated heterocycles. The third-order valence-electron chi connectivity index (χ3n) is 4.71. The van der Waals surface area contributed by atoms with Gasteiger partial charge in [0.05, 0.1) is 4.92 Å². The summed E-state index contributed by atoms with van der Waals surface area (Å²) in [6, 6.07) is 4.28. The van der Waals surface area contributed by atoms with Gasteiger partial charge < -0.3 is 15.5 Å². The lowest BCUT2D eigenvalue weighted by molar-refractivity contribution is -0.385. The molecular formula is C18H28N4O3. The van der Waals surface area contributed by atoms with Gasteiger partial charge in [-0.25, -0.2) is 4.79 Å². The maximum Gasteiger partial charge on any atom is 0.319 e. The summed E-state index contributed by atoms with van der Waals surface area (Å²) < 4.78 is 0. The largest absolute Gasteiger partial charge is 0.338 e. The van der Waals surface area contributed by atoms with Crippen LogP contribution in [0.5, 0.6) is 0 Å². The van der Waals surface area contributed by atoms with E-state index in [4.69, 9.17) is 0 Å². The van der Waals surface area contributed by atoms with Crippen LogP contribution >= 0.6 is 0 Å². The van der Waals surface area contributed by atoms with Gasteiger partial charge in [0.15, 0.2) is 0 Å². The number of urea groups is 1. The molecule has 1 aromatic rings. The smallest absolute Gasteiger partial charge is 0.319 e. The van der Waals surface area contributed by atoms with E-state index < -0.39 is 4.92 Å². The lowest BCUT2D eigenvalue weighted by atomic mass is 9.99. The number of nitro groups is 1. The molecule has 0 radical (unpaired) electrons. The molecule has 2 rings (SSSR count). The molecule has 25 heavy (non-hydrogen) atoms. The second kappa shape index (κ2) is 9.36. The van der Waals surface area contributed by atoms with Crippen molar-refractivity contribution in [2.24, 2.45) is 5.92 Å². The summed E-state index contributed by atoms with van der Waals surface area (Å²) in [5.41, 5.74) is 1.14. The number of nitrogens with one attached hydrogen (secondary N) is 2. The van der Waals surface area contributed by atoms with Gasteiger partial charge in [-0.3, -0.25) is 10.1 Å². The minimum Gasteiger partial charge on any atom is -0.338 e. The number of carbonyl (C=O) groups is 1. The molecule has 1 aliphatic rings. The summed E-state index contributed by atoms with van der Waals surface area (Å²) >= 11 is 0. The highest BCUT2D eigenvalue weighted by molar-refractivity contribution is 5.89. The van der Waals surface area contributed by atoms with Gasteiger partial charge in [-0.2, -0.15) is 0 Å². The molecule has 138 valence electrons. The molecule has 1 aliphatic heterocycles. The van der Waals surface area contributed by atoms with Crippen molar-refractivity contribution in [2.75, 3.05) is 31.5 Å². The Hall–Kier alpha value is -2.15. The Balaban J connectivity index is 1.62. The first-order valence-corrected chi connectivity index (χ1v) is 8.98. The molecule has 2 N–H and O–H groups in total. The van der Waals surface area contributed by atoms with Crippen LogP contribution in [0.2, 0.25) is 0 Å². The van der Waals surface area contributed by atoms with Gasteiger partial charge in [0.2, 0.25) is 0 Å². The van der Waals surface area contributed by atoms with Crippen molar-refractivity contribution in [3.8, 4) is 0 Å². The second-order valence-electron chi connectivity index (χ2n) is 6.87. The van der Waals surface area contributed by atoms with E-state index in [2.05, 4.69) is 22.5 Å². The summed E-state index contributed by atoms with van der Waals surface area (Å²) in [6.45, 7) is 8.07. The summed E-state index contributed by atoms with van der Waals surface area (Å²) in [6.07, 6.45) is 4.59. The van der Waals surface area contributed by atoms with E-state index in [1.807, 2.05) is 0 Å². The minimum atomic E-state index is -0.428. The number of hydrogen-bond donors (Lipinski definition) is 2. The molecular weight excluding hydrogens is 320 g/mol. The van der Waals surface area contributed by atoms with Crippen LogP contribution in [0.3, 0.4) is 0 Å². The van der Waals surface area contributed by atoms with Crippen molar-refractivity contribution in [3.05, 3.63) is 33.9 Å². The van der Waals surface area contributed by atoms with Crippen LogP contribution in [0, 0.1) is 23.0 Å². The Bertz CT molecular complexity index is 598. The fraction of sp³-hybridized carbons (Fsp3) is 0.611. The van der Waals surface area contributed by atoms with Crippen molar-refractivity contribution in [2.45, 2.75) is 39.5 Å². The number of benzene rings is 1. The first-order valence-electron chi connectivity index (χ1n) is 8.98. The first kappa shape index (κ1) is 19.2. The predicted molar refractivity (Wildman–Crippen MR) is 98.9 cm³/mol. The quantitative estimate of drug-likeness (QED) is 0.448. The average Bonchev–Trinajstić information content (AvgIpc) is 2.56. The molecule has 0 unspecified atom stereocenters. The maximum absolute atomic E-state index is 11.9. The highest BCUT2D eigenvalue weighted by Crippen LogP contribution is 2.21. The molecule has 1 aromatic carbocycles. The zero-order valence-electron chi connectivity index (χ0n) is 15.1. The van der Waals surface area contributed by atoms with Crippen LogP contribution in [-0.4, -0.2) is 42.0 Å². The van der Waals surface area contributed by atoms with Gasteiger partial charge in [0.25, 0.3) is 5.69 Å². The number of carbonyl (C=O) groups excluding carboxylic acids is 1. The zero-order valence-corrected chi connectivity index (χ0v) is 15.1. The summed E-state index contributed by atoms with van der Waals surface area (Å²) in [5.74, 6) is 0.852. The van der Waals surface area contributed by atoms with Gasteiger partial charge in [-0.1, -0.05) is 6.92 Å². The minimum absolute atomic E-state index is 0.0538. The van der Waals surface area contributed by atoms with Crippen LogP contribution in [0.15, 0.2) is 18.2 Å². The Morgan fingerprint density at radius 3 is 2.68 bits per heavy atom. The van der Waals surface area contributed by atoms with Crippen molar-refractivity contribution >= 4 is 17.4 Å². The number of likely N-dealkylation sites (tertiary alicyclic amines) is 1. The molecule has 0 spiro atoms. The molecule has 1 heterocycles. The van der Waals surface area contributed by atoms with Crippen LogP contribution in [0.4, 0.5) is 16.2 Å². The molecule has 0 aliphatic carbocycles. The summed E-state index contributed by atoms with van der Waals surface area (Å²) in [5, 5.41) is 16.3. The third kappa shape index (κ3) is 6.34. The number of piperidine rings is 1. The molecule has 7 heteroatoms. The zero-order chi connectivity index (χ0) is 18.2. The normalized spacial score (nSPS) is 15.8. The Morgan fingerprint density at radius 2 is 2.04 bits per heavy atom. The Kier molecular flexibility index (Phi) is 7.18. The van der Waals surface area contributed by atoms with E-state index in [1.54, 1.807) is 19.1 Å². The topological polar surface area (TPSA) is 87.5 Å². The van der Waals surface area contributed by atoms with Crippen molar-refractivity contribution in [1.82, 2.24) is 10.2 Å². The summed E-state index contributed by atoms with van der Waals surface area (Å²) in [7, 11) is 0. The van der Waals surface area contributed by atoms with E-state index in [0.29, 0.717) is 17.8 Å². The SMILES string of the molecule is Cc1cc(NC(=O)NCCCCN2CCC(C)CC2)ccc1[N+](=O)[O-]. The summed E-state index contributed by atoms with van der Waals surface area (Å²) in [4.78, 5) is 24.7. The fourth-order valence-corrected chi connectivity index (χ4v) is 3.06. The first-order chi connectivity index (χ1) is 12.0. The number of nitrogens with zero attached hydrogens (tertiary/aromatic N) is 2. The lowest BCUT2D eigenvalue weighted by Crippen LogP contribution is -2.34. The number of anilines is 1. The van der Waals surface area contributed by atoms with E-state index in [-0.39, 0.29) is 11.7 Å². The van der Waals surface area contributed by atoms with Crippen LogP contribution in [0.1, 0.15) is 38.2 Å². The molecule has 2 amide bonds. The highest BCUT2D eigenvalue weighted by Gasteiger charge is 2.15. The van der Waals surface area contributed by atoms with E-state index >= 15 is 0 Å². The number of nitro benzene ring substituents is 1. The van der Waals surface area contributed by atoms with Crippen molar-refractivity contribution in [1.29, 1.82) is 0 Å². The second-order valence-corrected chi connectivity index (χ2v) is 6.87. The number of rotatable bonds is 7. The van der Waals surface area contributed by atoms with Crippen molar-refractivity contribution < 1.29 is 9.72 Å². The predicted octanol–water partition coefficient (Wildman–Crippen LogP) is 3.54. The Labute approximate surface area is 148 Å². The molecule has 0 saturated carbocycles. The standard InChI is InChI=1S/C18H28N4O3/c1-14-7-11-21(12-8-14)10-4-3-9-19-18(23)20-16-5-6-17(22(24)25)15(2)13-16/h5-6,13-14H,3-4,7-12H2,1-2H3,(H2,19,20,23). The molecule has 0 atom stereocenters. The maximum atomic E-state index is 11.9. The van der Waals surface area contributed by atoms with E-state index in [0.717, 1.165) is 25.3 Å². The highest BCUT2D eigenvalue weighted by atomic mass is 16.6. The third-order valence-corrected chi connectivity index (χ3v) is 4.71. The van der Waals surface area contributed by atoms with Gasteiger partial charge in [0.1, 0.15) is 0 Å². The Morgan fingerprint density at radius 1 is 1.32 bits per heavy atom. The van der Waals surface area contributed by atoms with Crippen LogP contribution < -0.4 is 10.6 Å². The van der Waals surface area contributed by atoms with Gasteiger partial charge in [0, 0.05) is 23.9 Å². The number of unbranched alkanes of at least 4 members (excludes halogenated alkanes) is 1. The lowest BCUT2D eigenvalue weighted by Gasteiger charge is -2.30. The van der Waals surface area contributed by atoms with Gasteiger partial charge in [-0.15, -0.1) is 0 Å². The number of aryl methyl sites for hydroxylation is 1. The fourth-order valence-electron chi connectivity index (χ4n) is 3.06. The van der Waals surface area contributed by atoms with Crippen LogP contribution in [-0.2, 0) is 0 Å². The molecule has 0 aromatic heterocycles. The monoisotopic (exact) mass is 348 g/mol. The average molecular weight is 348 g/mol. The van der Waals surface area contributed by atoms with Gasteiger partial charge in [-0.05, 0) is 70.3 Å². The van der Waals surface area contributed by atoms with E-state index in [1.165, 1.54) is 32.0 Å². The molecule has 0 bridgehead atoms. The van der Waals surface area contributed by atoms with E-state index in [9.17, 15) is 14.9 Å². The molecule has 7 nitrogen and oxygen atoms in total. The van der Waals surface area contributed by atoms with Gasteiger partial charge >= 0.3 is 6.03 Å². The number of amides is 2. The molecule has 1 fully saturated rings. The van der Waals surface area contributed by atoms with Crippen LogP contribution in [0.25, 0.3) is 0 Å². The number of hydrogen-bond acceptors (Lipinski definition) is 4. The van der Waals surface area contributed by atoms with Crippen molar-refractivity contribution in [3.63, 3.8) is 0 Å².